The molecule has 7 nitrogen and oxygen atoms in total. The molecule has 0 saturated heterocycles. The van der Waals surface area contributed by atoms with E-state index >= 15 is 0 Å². The molecule has 1 aliphatic rings. The summed E-state index contributed by atoms with van der Waals surface area (Å²) in [6.45, 7) is 1.09. The van der Waals surface area contributed by atoms with Gasteiger partial charge in [-0.1, -0.05) is 48.5 Å². The van der Waals surface area contributed by atoms with Crippen molar-refractivity contribution in [2.45, 2.75) is 5.92 Å². The van der Waals surface area contributed by atoms with Crippen LogP contribution in [0.1, 0.15) is 17.0 Å². The van der Waals surface area contributed by atoms with Crippen LogP contribution in [0.4, 0.5) is 4.79 Å². The minimum atomic E-state index is -1.01. The van der Waals surface area contributed by atoms with Crippen molar-refractivity contribution in [3.63, 3.8) is 0 Å². The van der Waals surface area contributed by atoms with Crippen LogP contribution in [0.5, 0.6) is 0 Å². The number of hydrogen-bond acceptors (Lipinski definition) is 5. The number of nitrogens with zero attached hydrogens (tertiary/aromatic N) is 1. The molecule has 0 radical (unpaired) electrons. The van der Waals surface area contributed by atoms with Gasteiger partial charge in [0.2, 0.25) is 0 Å². The topological polar surface area (TPSA) is 85.3 Å². The zero-order valence-corrected chi connectivity index (χ0v) is 16.4. The van der Waals surface area contributed by atoms with E-state index in [-0.39, 0.29) is 32.3 Å². The summed E-state index contributed by atoms with van der Waals surface area (Å²) in [7, 11) is 1.66. The van der Waals surface area contributed by atoms with Gasteiger partial charge in [-0.15, -0.1) is 0 Å². The zero-order valence-electron chi connectivity index (χ0n) is 16.4. The van der Waals surface area contributed by atoms with Gasteiger partial charge < -0.3 is 24.2 Å². The van der Waals surface area contributed by atoms with Gasteiger partial charge in [-0.2, -0.15) is 0 Å². The molecule has 2 aromatic rings. The second kappa shape index (κ2) is 10.0. The van der Waals surface area contributed by atoms with E-state index in [9.17, 15) is 9.59 Å². The van der Waals surface area contributed by atoms with Crippen LogP contribution in [-0.2, 0) is 19.0 Å². The van der Waals surface area contributed by atoms with E-state index in [1.807, 2.05) is 24.3 Å². The number of rotatable bonds is 10. The minimum absolute atomic E-state index is 0.0300. The van der Waals surface area contributed by atoms with Crippen LogP contribution in [0, 0.1) is 0 Å². The van der Waals surface area contributed by atoms with E-state index in [1.165, 1.54) is 27.2 Å². The van der Waals surface area contributed by atoms with Gasteiger partial charge in [0.05, 0.1) is 19.8 Å². The first kappa shape index (κ1) is 20.8. The van der Waals surface area contributed by atoms with Crippen molar-refractivity contribution in [3.05, 3.63) is 59.7 Å². The van der Waals surface area contributed by atoms with Crippen LogP contribution in [-0.4, -0.2) is 68.7 Å². The molecule has 0 aromatic heterocycles. The Morgan fingerprint density at radius 2 is 1.52 bits per heavy atom. The third-order valence-electron chi connectivity index (χ3n) is 4.82. The molecule has 1 N–H and O–H groups in total. The highest BCUT2D eigenvalue weighted by molar-refractivity contribution is 5.79. The van der Waals surface area contributed by atoms with Crippen LogP contribution in [0.25, 0.3) is 11.1 Å². The number of carboxylic acid groups (broad SMARTS) is 1. The highest BCUT2D eigenvalue weighted by Gasteiger charge is 2.29. The highest BCUT2D eigenvalue weighted by atomic mass is 16.6. The molecule has 154 valence electrons. The van der Waals surface area contributed by atoms with Gasteiger partial charge in [0.1, 0.15) is 13.2 Å². The predicted octanol–water partition coefficient (Wildman–Crippen LogP) is 2.99. The van der Waals surface area contributed by atoms with E-state index in [0.29, 0.717) is 13.2 Å². The minimum Gasteiger partial charge on any atom is -0.480 e. The second-order valence-corrected chi connectivity index (χ2v) is 6.78. The summed E-state index contributed by atoms with van der Waals surface area (Å²) >= 11 is 0. The summed E-state index contributed by atoms with van der Waals surface area (Å²) in [6.07, 6.45) is -0.405. The Hall–Kier alpha value is -2.90. The molecule has 0 bridgehead atoms. The molecule has 0 atom stereocenters. The van der Waals surface area contributed by atoms with Crippen LogP contribution >= 0.6 is 0 Å². The third kappa shape index (κ3) is 5.34. The standard InChI is InChI=1S/C22H25NO6/c1-23(10-11-27-12-13-28-15-21(24)25)22(26)29-14-20-18-8-4-2-6-16(18)17-7-3-5-9-19(17)20/h2-9,20H,10-15H2,1H3,(H,24,25). The first-order chi connectivity index (χ1) is 14.1. The monoisotopic (exact) mass is 399 g/mol. The van der Waals surface area contributed by atoms with E-state index in [0.717, 1.165) is 0 Å². The van der Waals surface area contributed by atoms with Gasteiger partial charge in [0.25, 0.3) is 0 Å². The van der Waals surface area contributed by atoms with Crippen LogP contribution in [0.3, 0.4) is 0 Å². The molecular formula is C22H25NO6. The normalized spacial score (nSPS) is 12.3. The summed E-state index contributed by atoms with van der Waals surface area (Å²) in [5, 5.41) is 8.46. The van der Waals surface area contributed by atoms with Crippen LogP contribution < -0.4 is 0 Å². The first-order valence-electron chi connectivity index (χ1n) is 9.51. The third-order valence-corrected chi connectivity index (χ3v) is 4.82. The molecule has 0 spiro atoms. The van der Waals surface area contributed by atoms with Crippen LogP contribution in [0.15, 0.2) is 48.5 Å². The second-order valence-electron chi connectivity index (χ2n) is 6.78. The highest BCUT2D eigenvalue weighted by Crippen LogP contribution is 2.44. The number of benzene rings is 2. The molecule has 0 aliphatic heterocycles. The van der Waals surface area contributed by atoms with E-state index in [2.05, 4.69) is 24.3 Å². The average molecular weight is 399 g/mol. The Balaban J connectivity index is 1.44. The maximum atomic E-state index is 12.3. The lowest BCUT2D eigenvalue weighted by Crippen LogP contribution is -2.32. The lowest BCUT2D eigenvalue weighted by Gasteiger charge is -2.19. The van der Waals surface area contributed by atoms with Gasteiger partial charge in [-0.3, -0.25) is 0 Å². The van der Waals surface area contributed by atoms with Gasteiger partial charge in [-0.25, -0.2) is 9.59 Å². The Morgan fingerprint density at radius 1 is 0.931 bits per heavy atom. The maximum Gasteiger partial charge on any atom is 0.409 e. The van der Waals surface area contributed by atoms with Crippen molar-refractivity contribution in [1.29, 1.82) is 0 Å². The summed E-state index contributed by atoms with van der Waals surface area (Å²) in [4.78, 5) is 24.1. The number of hydrogen-bond donors (Lipinski definition) is 1. The van der Waals surface area contributed by atoms with E-state index < -0.39 is 12.1 Å². The summed E-state index contributed by atoms with van der Waals surface area (Å²) < 4.78 is 15.8. The van der Waals surface area contributed by atoms with Crippen molar-refractivity contribution in [2.75, 3.05) is 46.6 Å². The number of amides is 1. The van der Waals surface area contributed by atoms with Crippen molar-refractivity contribution in [3.8, 4) is 11.1 Å². The lowest BCUT2D eigenvalue weighted by molar-refractivity contribution is -0.142. The molecular weight excluding hydrogens is 374 g/mol. The fourth-order valence-corrected chi connectivity index (χ4v) is 3.38. The fourth-order valence-electron chi connectivity index (χ4n) is 3.38. The molecule has 2 aromatic carbocycles. The van der Waals surface area contributed by atoms with E-state index in [1.54, 1.807) is 7.05 Å². The number of fused-ring (bicyclic) bond motifs is 3. The SMILES string of the molecule is CN(CCOCCOCC(=O)O)C(=O)OCC1c2ccccc2-c2ccccc21. The Kier molecular flexibility index (Phi) is 7.21. The molecule has 29 heavy (non-hydrogen) atoms. The molecule has 0 saturated carbocycles. The summed E-state index contributed by atoms with van der Waals surface area (Å²) in [5.74, 6) is -0.984. The quantitative estimate of drug-likeness (QED) is 0.618. The lowest BCUT2D eigenvalue weighted by atomic mass is 9.98. The first-order valence-corrected chi connectivity index (χ1v) is 9.51. The molecule has 3 rings (SSSR count). The van der Waals surface area contributed by atoms with Crippen LogP contribution in [0.2, 0.25) is 0 Å². The molecule has 1 amide bonds. The molecule has 0 heterocycles. The number of carboxylic acids is 1. The van der Waals surface area contributed by atoms with Gasteiger partial charge >= 0.3 is 12.1 Å². The maximum absolute atomic E-state index is 12.3. The van der Waals surface area contributed by atoms with E-state index in [4.69, 9.17) is 19.3 Å². The van der Waals surface area contributed by atoms with Crippen molar-refractivity contribution in [2.24, 2.45) is 0 Å². The number of likely N-dealkylation sites (N-methyl/N-ethyl adjacent to an activating group) is 1. The smallest absolute Gasteiger partial charge is 0.409 e. The number of carbonyl (C=O) groups is 2. The molecule has 1 aliphatic carbocycles. The van der Waals surface area contributed by atoms with Crippen molar-refractivity contribution < 1.29 is 28.9 Å². The van der Waals surface area contributed by atoms with Gasteiger partial charge in [-0.05, 0) is 22.3 Å². The van der Waals surface area contributed by atoms with Crippen molar-refractivity contribution in [1.82, 2.24) is 4.90 Å². The van der Waals surface area contributed by atoms with Crippen molar-refractivity contribution >= 4 is 12.1 Å². The Labute approximate surface area is 169 Å². The zero-order chi connectivity index (χ0) is 20.6. The predicted molar refractivity (Wildman–Crippen MR) is 107 cm³/mol. The number of carbonyl (C=O) groups excluding carboxylic acids is 1. The molecule has 0 unspecified atom stereocenters. The summed E-state index contributed by atoms with van der Waals surface area (Å²) in [5.41, 5.74) is 4.73. The largest absolute Gasteiger partial charge is 0.480 e. The number of ether oxygens (including phenoxy) is 3. The molecule has 7 heteroatoms. The average Bonchev–Trinajstić information content (AvgIpc) is 3.04. The van der Waals surface area contributed by atoms with Gasteiger partial charge in [0, 0.05) is 19.5 Å². The molecule has 0 fully saturated rings. The Bertz CT molecular complexity index is 807. The van der Waals surface area contributed by atoms with Gasteiger partial charge in [0.15, 0.2) is 0 Å². The number of aliphatic carboxylic acids is 1. The Morgan fingerprint density at radius 3 is 2.14 bits per heavy atom. The fraction of sp³-hybridized carbons (Fsp3) is 0.364. The summed E-state index contributed by atoms with van der Waals surface area (Å²) in [6, 6.07) is 16.4.